The van der Waals surface area contributed by atoms with Crippen LogP contribution in [0.5, 0.6) is 0 Å². The highest BCUT2D eigenvalue weighted by Gasteiger charge is 2.39. The zero-order valence-corrected chi connectivity index (χ0v) is 16.5. The molecule has 146 valence electrons. The van der Waals surface area contributed by atoms with Crippen molar-refractivity contribution in [3.63, 3.8) is 0 Å². The summed E-state index contributed by atoms with van der Waals surface area (Å²) in [4.78, 5) is 17.9. The van der Waals surface area contributed by atoms with Crippen molar-refractivity contribution >= 4 is 26.6 Å². The number of aromatic nitrogens is 1. The van der Waals surface area contributed by atoms with Crippen LogP contribution in [0.15, 0.2) is 30.5 Å². The number of para-hydroxylation sites is 1. The van der Waals surface area contributed by atoms with E-state index < -0.39 is 15.4 Å². The number of benzene rings is 1. The SMILES string of the molecule is C[C@]1(NC(=O)CN2CCC(c3c[nH]c4ccccc34)CC2)CCS(=O)(=O)C1. The van der Waals surface area contributed by atoms with Gasteiger partial charge in [0.1, 0.15) is 0 Å². The highest BCUT2D eigenvalue weighted by molar-refractivity contribution is 7.91. The van der Waals surface area contributed by atoms with Crippen molar-refractivity contribution in [1.29, 1.82) is 0 Å². The molecule has 0 bridgehead atoms. The summed E-state index contributed by atoms with van der Waals surface area (Å²) in [5, 5.41) is 4.25. The maximum absolute atomic E-state index is 12.4. The molecule has 6 nitrogen and oxygen atoms in total. The Hall–Kier alpha value is -1.86. The average Bonchev–Trinajstić information content (AvgIpc) is 3.16. The summed E-state index contributed by atoms with van der Waals surface area (Å²) in [7, 11) is -3.01. The number of rotatable bonds is 4. The summed E-state index contributed by atoms with van der Waals surface area (Å²) in [6, 6.07) is 8.38. The summed E-state index contributed by atoms with van der Waals surface area (Å²) in [5.41, 5.74) is 1.94. The fourth-order valence-electron chi connectivity index (χ4n) is 4.52. The van der Waals surface area contributed by atoms with Gasteiger partial charge in [-0.15, -0.1) is 0 Å². The Kier molecular flexibility index (Phi) is 4.76. The standard InChI is InChI=1S/C20H27N3O3S/c1-20(8-11-27(25,26)14-20)22-19(24)13-23-9-6-15(7-10-23)17-12-21-18-5-3-2-4-16(17)18/h2-5,12,15,21H,6-11,13-14H2,1H3,(H,22,24)/t20-/m0/s1. The van der Waals surface area contributed by atoms with Crippen molar-refractivity contribution in [2.75, 3.05) is 31.1 Å². The molecule has 1 atom stereocenters. The molecule has 2 fully saturated rings. The van der Waals surface area contributed by atoms with E-state index in [4.69, 9.17) is 0 Å². The summed E-state index contributed by atoms with van der Waals surface area (Å²) in [5.74, 6) is 0.659. The highest BCUT2D eigenvalue weighted by Crippen LogP contribution is 2.33. The first kappa shape index (κ1) is 18.5. The molecule has 7 heteroatoms. The zero-order valence-electron chi connectivity index (χ0n) is 15.7. The molecule has 1 aromatic heterocycles. The van der Waals surface area contributed by atoms with Crippen molar-refractivity contribution in [1.82, 2.24) is 15.2 Å². The number of nitrogens with zero attached hydrogens (tertiary/aromatic N) is 1. The largest absolute Gasteiger partial charge is 0.361 e. The number of hydrogen-bond acceptors (Lipinski definition) is 4. The molecule has 2 N–H and O–H groups in total. The molecule has 27 heavy (non-hydrogen) atoms. The van der Waals surface area contributed by atoms with Gasteiger partial charge in [0.15, 0.2) is 9.84 Å². The van der Waals surface area contributed by atoms with Crippen LogP contribution < -0.4 is 5.32 Å². The topological polar surface area (TPSA) is 82.3 Å². The fourth-order valence-corrected chi connectivity index (χ4v) is 6.62. The number of fused-ring (bicyclic) bond motifs is 1. The van der Waals surface area contributed by atoms with Crippen molar-refractivity contribution in [3.05, 3.63) is 36.0 Å². The van der Waals surface area contributed by atoms with Crippen molar-refractivity contribution in [3.8, 4) is 0 Å². The number of aromatic amines is 1. The highest BCUT2D eigenvalue weighted by atomic mass is 32.2. The Bertz CT molecular complexity index is 944. The maximum atomic E-state index is 12.4. The first-order valence-corrected chi connectivity index (χ1v) is 11.5. The van der Waals surface area contributed by atoms with Crippen LogP contribution in [0, 0.1) is 0 Å². The second kappa shape index (κ2) is 6.95. The van der Waals surface area contributed by atoms with Crippen LogP contribution >= 0.6 is 0 Å². The Morgan fingerprint density at radius 1 is 1.30 bits per heavy atom. The van der Waals surface area contributed by atoms with Crippen molar-refractivity contribution < 1.29 is 13.2 Å². The lowest BCUT2D eigenvalue weighted by molar-refractivity contribution is -0.124. The number of sulfone groups is 1. The molecule has 4 rings (SSSR count). The van der Waals surface area contributed by atoms with E-state index in [-0.39, 0.29) is 17.4 Å². The van der Waals surface area contributed by atoms with E-state index in [0.29, 0.717) is 18.9 Å². The summed E-state index contributed by atoms with van der Waals surface area (Å²) in [6.07, 6.45) is 4.68. The predicted molar refractivity (Wildman–Crippen MR) is 107 cm³/mol. The van der Waals surface area contributed by atoms with Crippen LogP contribution in [0.25, 0.3) is 10.9 Å². The fraction of sp³-hybridized carbons (Fsp3) is 0.550. The quantitative estimate of drug-likeness (QED) is 0.838. The van der Waals surface area contributed by atoms with Gasteiger partial charge < -0.3 is 10.3 Å². The molecule has 2 aliphatic rings. The molecule has 0 aliphatic carbocycles. The predicted octanol–water partition coefficient (Wildman–Crippen LogP) is 2.04. The van der Waals surface area contributed by atoms with Gasteiger partial charge in [0.25, 0.3) is 0 Å². The van der Waals surface area contributed by atoms with Crippen molar-refractivity contribution in [2.45, 2.75) is 37.6 Å². The third kappa shape index (κ3) is 4.04. The zero-order chi connectivity index (χ0) is 19.1. The lowest BCUT2D eigenvalue weighted by Crippen LogP contribution is -2.51. The van der Waals surface area contributed by atoms with Gasteiger partial charge in [-0.3, -0.25) is 9.69 Å². The third-order valence-electron chi connectivity index (χ3n) is 5.96. The van der Waals surface area contributed by atoms with E-state index in [0.717, 1.165) is 25.9 Å². The molecule has 1 amide bonds. The first-order valence-electron chi connectivity index (χ1n) is 9.63. The molecule has 3 heterocycles. The van der Waals surface area contributed by atoms with Gasteiger partial charge in [-0.25, -0.2) is 8.42 Å². The summed E-state index contributed by atoms with van der Waals surface area (Å²) >= 11 is 0. The molecule has 2 aliphatic heterocycles. The molecule has 0 saturated carbocycles. The summed E-state index contributed by atoms with van der Waals surface area (Å²) in [6.45, 7) is 3.94. The molecule has 0 unspecified atom stereocenters. The van der Waals surface area contributed by atoms with Crippen LogP contribution in [0.4, 0.5) is 0 Å². The van der Waals surface area contributed by atoms with Gasteiger partial charge in [-0.05, 0) is 56.8 Å². The second-order valence-corrected chi connectivity index (χ2v) is 10.5. The molecular weight excluding hydrogens is 362 g/mol. The number of carbonyl (C=O) groups is 1. The number of H-pyrrole nitrogens is 1. The minimum Gasteiger partial charge on any atom is -0.361 e. The van der Waals surface area contributed by atoms with E-state index in [1.807, 2.05) is 13.0 Å². The molecule has 0 radical (unpaired) electrons. The van der Waals surface area contributed by atoms with Crippen LogP contribution in [-0.2, 0) is 14.6 Å². The minimum atomic E-state index is -3.01. The number of carbonyl (C=O) groups excluding carboxylic acids is 1. The van der Waals surface area contributed by atoms with E-state index in [1.165, 1.54) is 16.5 Å². The number of hydrogen-bond donors (Lipinski definition) is 2. The van der Waals surface area contributed by atoms with Gasteiger partial charge >= 0.3 is 0 Å². The Morgan fingerprint density at radius 3 is 2.74 bits per heavy atom. The first-order chi connectivity index (χ1) is 12.8. The van der Waals surface area contributed by atoms with Gasteiger partial charge in [0.2, 0.25) is 5.91 Å². The van der Waals surface area contributed by atoms with Crippen LogP contribution in [0.1, 0.15) is 37.7 Å². The van der Waals surface area contributed by atoms with Gasteiger partial charge in [-0.1, -0.05) is 18.2 Å². The molecule has 2 aromatic rings. The Balaban J connectivity index is 1.31. The molecule has 0 spiro atoms. The minimum absolute atomic E-state index is 0.0500. The monoisotopic (exact) mass is 389 g/mol. The lowest BCUT2D eigenvalue weighted by Gasteiger charge is -2.32. The van der Waals surface area contributed by atoms with Gasteiger partial charge in [0, 0.05) is 17.1 Å². The number of nitrogens with one attached hydrogen (secondary N) is 2. The molecule has 2 saturated heterocycles. The van der Waals surface area contributed by atoms with Gasteiger partial charge in [-0.2, -0.15) is 0 Å². The van der Waals surface area contributed by atoms with Crippen LogP contribution in [-0.4, -0.2) is 60.9 Å². The van der Waals surface area contributed by atoms with Gasteiger partial charge in [0.05, 0.1) is 23.6 Å². The number of amides is 1. The Morgan fingerprint density at radius 2 is 2.04 bits per heavy atom. The van der Waals surface area contributed by atoms with E-state index in [1.54, 1.807) is 0 Å². The molecular formula is C20H27N3O3S. The van der Waals surface area contributed by atoms with Crippen LogP contribution in [0.3, 0.4) is 0 Å². The number of piperidine rings is 1. The average molecular weight is 390 g/mol. The van der Waals surface area contributed by atoms with E-state index >= 15 is 0 Å². The summed E-state index contributed by atoms with van der Waals surface area (Å²) < 4.78 is 23.4. The van der Waals surface area contributed by atoms with Crippen molar-refractivity contribution in [2.24, 2.45) is 0 Å². The van der Waals surface area contributed by atoms with E-state index in [9.17, 15) is 13.2 Å². The Labute approximate surface area is 160 Å². The maximum Gasteiger partial charge on any atom is 0.234 e. The molecule has 1 aromatic carbocycles. The lowest BCUT2D eigenvalue weighted by atomic mass is 9.89. The smallest absolute Gasteiger partial charge is 0.234 e. The number of likely N-dealkylation sites (tertiary alicyclic amines) is 1. The third-order valence-corrected chi connectivity index (χ3v) is 7.86. The van der Waals surface area contributed by atoms with Crippen LogP contribution in [0.2, 0.25) is 0 Å². The normalized spacial score (nSPS) is 26.4. The van der Waals surface area contributed by atoms with E-state index in [2.05, 4.69) is 39.6 Å². The second-order valence-electron chi connectivity index (χ2n) is 8.29.